The van der Waals surface area contributed by atoms with Crippen LogP contribution in [0.2, 0.25) is 5.02 Å². The van der Waals surface area contributed by atoms with Crippen molar-refractivity contribution in [2.24, 2.45) is 0 Å². The van der Waals surface area contributed by atoms with E-state index in [2.05, 4.69) is 20.8 Å². The molecular formula is C15H20BrClFN. The van der Waals surface area contributed by atoms with E-state index in [1.54, 1.807) is 6.07 Å². The van der Waals surface area contributed by atoms with Crippen molar-refractivity contribution in [3.05, 3.63) is 34.6 Å². The van der Waals surface area contributed by atoms with E-state index in [0.29, 0.717) is 17.6 Å². The number of hydrogen-bond donors (Lipinski definition) is 0. The van der Waals surface area contributed by atoms with Crippen molar-refractivity contribution in [3.63, 3.8) is 0 Å². The number of hydrogen-bond acceptors (Lipinski definition) is 1. The van der Waals surface area contributed by atoms with Crippen molar-refractivity contribution in [3.8, 4) is 0 Å². The van der Waals surface area contributed by atoms with Crippen molar-refractivity contribution in [2.75, 3.05) is 11.9 Å². The lowest BCUT2D eigenvalue weighted by atomic mass is 9.94. The van der Waals surface area contributed by atoms with Gasteiger partial charge in [0.2, 0.25) is 0 Å². The van der Waals surface area contributed by atoms with Crippen molar-refractivity contribution in [2.45, 2.75) is 44.7 Å². The lowest BCUT2D eigenvalue weighted by molar-refractivity contribution is 0.156. The Kier molecular flexibility index (Phi) is 6.11. The van der Waals surface area contributed by atoms with Gasteiger partial charge < -0.3 is 0 Å². The Morgan fingerprint density at radius 2 is 2.00 bits per heavy atom. The SMILES string of the molecule is Fc1cc(Cl)ccc1CN(CCBr)C1CCCCC1. The average Bonchev–Trinajstić information content (AvgIpc) is 2.42. The molecule has 1 aromatic carbocycles. The molecule has 0 amide bonds. The molecule has 0 heterocycles. The largest absolute Gasteiger partial charge is 0.295 e. The fourth-order valence-electron chi connectivity index (χ4n) is 2.81. The molecule has 1 nitrogen and oxygen atoms in total. The van der Waals surface area contributed by atoms with Crippen molar-refractivity contribution in [1.29, 1.82) is 0 Å². The lowest BCUT2D eigenvalue weighted by Gasteiger charge is -2.34. The Morgan fingerprint density at radius 1 is 1.26 bits per heavy atom. The fraction of sp³-hybridized carbons (Fsp3) is 0.600. The summed E-state index contributed by atoms with van der Waals surface area (Å²) in [6.07, 6.45) is 6.41. The zero-order chi connectivity index (χ0) is 13.7. The highest BCUT2D eigenvalue weighted by atomic mass is 79.9. The third kappa shape index (κ3) is 4.44. The molecule has 1 aliphatic rings. The van der Waals surface area contributed by atoms with Gasteiger partial charge in [-0.25, -0.2) is 4.39 Å². The summed E-state index contributed by atoms with van der Waals surface area (Å²) in [5.74, 6) is -0.192. The van der Waals surface area contributed by atoms with E-state index in [1.807, 2.05) is 6.07 Å². The van der Waals surface area contributed by atoms with Gasteiger partial charge in [0, 0.05) is 35.0 Å². The van der Waals surface area contributed by atoms with E-state index in [4.69, 9.17) is 11.6 Å². The highest BCUT2D eigenvalue weighted by Crippen LogP contribution is 2.25. The molecule has 106 valence electrons. The maximum Gasteiger partial charge on any atom is 0.129 e. The van der Waals surface area contributed by atoms with Gasteiger partial charge >= 0.3 is 0 Å². The van der Waals surface area contributed by atoms with Gasteiger partial charge in [0.05, 0.1) is 0 Å². The fourth-order valence-corrected chi connectivity index (χ4v) is 3.43. The summed E-state index contributed by atoms with van der Waals surface area (Å²) in [4.78, 5) is 2.40. The van der Waals surface area contributed by atoms with Crippen LogP contribution in [-0.2, 0) is 6.54 Å². The van der Waals surface area contributed by atoms with Crippen LogP contribution < -0.4 is 0 Å². The molecule has 19 heavy (non-hydrogen) atoms. The average molecular weight is 349 g/mol. The van der Waals surface area contributed by atoms with E-state index in [0.717, 1.165) is 17.4 Å². The van der Waals surface area contributed by atoms with Crippen LogP contribution in [0.3, 0.4) is 0 Å². The summed E-state index contributed by atoms with van der Waals surface area (Å²) in [5.41, 5.74) is 0.746. The monoisotopic (exact) mass is 347 g/mol. The normalized spacial score (nSPS) is 17.1. The van der Waals surface area contributed by atoms with E-state index in [1.165, 1.54) is 38.2 Å². The molecule has 4 heteroatoms. The number of halogens is 3. The molecule has 1 saturated carbocycles. The predicted octanol–water partition coefficient (Wildman–Crippen LogP) is 5.01. The summed E-state index contributed by atoms with van der Waals surface area (Å²) < 4.78 is 13.9. The van der Waals surface area contributed by atoms with Crippen LogP contribution in [-0.4, -0.2) is 22.8 Å². The second-order valence-electron chi connectivity index (χ2n) is 5.19. The van der Waals surface area contributed by atoms with Gasteiger partial charge in [-0.3, -0.25) is 4.90 Å². The van der Waals surface area contributed by atoms with Crippen LogP contribution >= 0.6 is 27.5 Å². The highest BCUT2D eigenvalue weighted by Gasteiger charge is 2.21. The Balaban J connectivity index is 2.06. The molecule has 1 fully saturated rings. The van der Waals surface area contributed by atoms with Gasteiger partial charge in [0.15, 0.2) is 0 Å². The molecule has 0 radical (unpaired) electrons. The molecule has 1 aromatic rings. The Labute approximate surface area is 128 Å². The molecule has 0 bridgehead atoms. The molecule has 0 aliphatic heterocycles. The number of alkyl halides is 1. The Morgan fingerprint density at radius 3 is 2.63 bits per heavy atom. The molecule has 0 unspecified atom stereocenters. The smallest absolute Gasteiger partial charge is 0.129 e. The number of benzene rings is 1. The summed E-state index contributed by atoms with van der Waals surface area (Å²) in [7, 11) is 0. The Bertz CT molecular complexity index is 407. The van der Waals surface area contributed by atoms with Gasteiger partial charge in [-0.1, -0.05) is 52.9 Å². The maximum absolute atomic E-state index is 13.9. The van der Waals surface area contributed by atoms with Gasteiger partial charge in [-0.2, -0.15) is 0 Å². The minimum absolute atomic E-state index is 0.192. The quantitative estimate of drug-likeness (QED) is 0.676. The topological polar surface area (TPSA) is 3.24 Å². The van der Waals surface area contributed by atoms with E-state index in [9.17, 15) is 4.39 Å². The first-order valence-corrected chi connectivity index (χ1v) is 8.44. The van der Waals surface area contributed by atoms with E-state index < -0.39 is 0 Å². The highest BCUT2D eigenvalue weighted by molar-refractivity contribution is 9.09. The molecular weight excluding hydrogens is 329 g/mol. The van der Waals surface area contributed by atoms with Crippen molar-refractivity contribution < 1.29 is 4.39 Å². The lowest BCUT2D eigenvalue weighted by Crippen LogP contribution is -2.37. The van der Waals surface area contributed by atoms with Crippen molar-refractivity contribution in [1.82, 2.24) is 4.90 Å². The summed E-state index contributed by atoms with van der Waals surface area (Å²) in [5, 5.41) is 1.39. The molecule has 0 spiro atoms. The summed E-state index contributed by atoms with van der Waals surface area (Å²) >= 11 is 9.31. The zero-order valence-electron chi connectivity index (χ0n) is 11.0. The van der Waals surface area contributed by atoms with Gasteiger partial charge in [-0.05, 0) is 25.0 Å². The molecule has 0 N–H and O–H groups in total. The molecule has 0 saturated heterocycles. The van der Waals surface area contributed by atoms with E-state index >= 15 is 0 Å². The second kappa shape index (κ2) is 7.61. The van der Waals surface area contributed by atoms with Crippen LogP contribution in [0, 0.1) is 5.82 Å². The van der Waals surface area contributed by atoms with Gasteiger partial charge in [0.25, 0.3) is 0 Å². The second-order valence-corrected chi connectivity index (χ2v) is 6.42. The first-order chi connectivity index (χ1) is 9.20. The number of nitrogens with zero attached hydrogens (tertiary/aromatic N) is 1. The van der Waals surface area contributed by atoms with E-state index in [-0.39, 0.29) is 5.82 Å². The summed E-state index contributed by atoms with van der Waals surface area (Å²) in [6.45, 7) is 1.64. The van der Waals surface area contributed by atoms with Crippen LogP contribution in [0.5, 0.6) is 0 Å². The standard InChI is InChI=1S/C15H20BrClFN/c16-8-9-19(14-4-2-1-3-5-14)11-12-6-7-13(17)10-15(12)18/h6-7,10,14H,1-5,8-9,11H2. The van der Waals surface area contributed by atoms with Gasteiger partial charge in [-0.15, -0.1) is 0 Å². The molecule has 1 aliphatic carbocycles. The molecule has 0 atom stereocenters. The van der Waals surface area contributed by atoms with Crippen LogP contribution in [0.1, 0.15) is 37.7 Å². The Hall–Kier alpha value is -0.120. The third-order valence-electron chi connectivity index (χ3n) is 3.85. The third-order valence-corrected chi connectivity index (χ3v) is 4.44. The minimum Gasteiger partial charge on any atom is -0.295 e. The predicted molar refractivity (Wildman–Crippen MR) is 82.5 cm³/mol. The number of rotatable bonds is 5. The maximum atomic E-state index is 13.9. The van der Waals surface area contributed by atoms with Gasteiger partial charge in [0.1, 0.15) is 5.82 Å². The molecule has 0 aromatic heterocycles. The zero-order valence-corrected chi connectivity index (χ0v) is 13.4. The first-order valence-electron chi connectivity index (χ1n) is 6.94. The van der Waals surface area contributed by atoms with Crippen LogP contribution in [0.15, 0.2) is 18.2 Å². The van der Waals surface area contributed by atoms with Crippen molar-refractivity contribution >= 4 is 27.5 Å². The van der Waals surface area contributed by atoms with Crippen LogP contribution in [0.25, 0.3) is 0 Å². The van der Waals surface area contributed by atoms with Crippen LogP contribution in [0.4, 0.5) is 4.39 Å². The minimum atomic E-state index is -0.192. The summed E-state index contributed by atoms with van der Waals surface area (Å²) in [6, 6.07) is 5.58. The first kappa shape index (κ1) is 15.3. The molecule has 2 rings (SSSR count).